The van der Waals surface area contributed by atoms with E-state index >= 15 is 0 Å². The molecular formula is C94H114N24O8S4. The van der Waals surface area contributed by atoms with Crippen LogP contribution in [0.5, 0.6) is 23.0 Å². The Balaban J connectivity index is 0.000000140. The molecule has 4 saturated heterocycles. The Hall–Kier alpha value is -12.5. The molecule has 682 valence electrons. The molecule has 36 heteroatoms. The zero-order valence-corrected chi connectivity index (χ0v) is 79.2. The normalized spacial score (nSPS) is 16.2. The molecule has 0 N–H and O–H groups in total. The number of fused-ring (bicyclic) bond motifs is 4. The van der Waals surface area contributed by atoms with Crippen LogP contribution in [-0.2, 0) is 38.9 Å². The van der Waals surface area contributed by atoms with E-state index in [0.29, 0.717) is 207 Å². The molecule has 0 spiro atoms. The maximum absolute atomic E-state index is 13.0. The lowest BCUT2D eigenvalue weighted by molar-refractivity contribution is 0.241. The summed E-state index contributed by atoms with van der Waals surface area (Å²) in [6, 6.07) is 32.5. The first-order valence-electron chi connectivity index (χ1n) is 44.3. The Bertz CT molecular complexity index is 6720. The average molecular weight is 1840 g/mol. The smallest absolute Gasteiger partial charge is 0.138 e. The van der Waals surface area contributed by atoms with Crippen molar-refractivity contribution in [2.24, 2.45) is 47.0 Å². The highest BCUT2D eigenvalue weighted by molar-refractivity contribution is 7.94. The predicted molar refractivity (Wildman–Crippen MR) is 513 cm³/mol. The lowest BCUT2D eigenvalue weighted by atomic mass is 10.1. The van der Waals surface area contributed by atoms with Crippen molar-refractivity contribution in [2.45, 2.75) is 95.1 Å². The molecule has 0 bridgehead atoms. The highest BCUT2D eigenvalue weighted by atomic mass is 32.2. The van der Waals surface area contributed by atoms with Crippen molar-refractivity contribution >= 4 is 84.3 Å². The zero-order chi connectivity index (χ0) is 92.0. The van der Waals surface area contributed by atoms with Crippen LogP contribution in [0.2, 0.25) is 0 Å². The minimum absolute atomic E-state index is 0.0171. The number of rotatable bonds is 24. The standard InChI is InChI=1S/C25H30N6O2S.C24H30N6O2S.C23H28N6O2S.C22H26N6O2S/c1-18(2)13-29-34(32)9-7-30(8-10-34)24-6-5-20(14-27-24)23-11-22(33-17-19-3-4-19)16-31-25(23)21(12-26)15-28-31;1-17(2)13-28-33(31)9-7-29(8-10-33)23-6-5-19(14-26-23)22-11-21(32-18(3)4)16-30-24(22)20(12-25)15-27-30;1-4-31-20-11-21(23-19(12-24)15-26-29(23)16-20)18-5-6-22(25-14-18)28-7-9-32(30,10-8-28)27-13-17(2)3;1-16(2)12-26-31(29)8-6-27(7-9-31)21-5-4-17(13-24-21)20-10-19(30-3)15-28-22(20)18(11-23)14-25-28/h5-6,11,14-16,18-19H,3-4,7-10,13,17H2,1-2H3;5-6,11,14-18H,7-10,13H2,1-4H3;5-6,11,14-17H,4,7-10,13H2,1-3H3;4-5,10,13-16H,6-9,12H2,1-3H3. The largest absolute Gasteiger partial charge is 0.495 e. The van der Waals surface area contributed by atoms with Gasteiger partial charge in [0.1, 0.15) is 70.5 Å². The summed E-state index contributed by atoms with van der Waals surface area (Å²) in [5, 5.41) is 55.3. The third-order valence-electron chi connectivity index (χ3n) is 22.6. The van der Waals surface area contributed by atoms with Gasteiger partial charge in [0.15, 0.2) is 0 Å². The number of methoxy groups -OCH3 is 1. The topological polar surface area (TPSA) is 384 Å². The monoisotopic (exact) mass is 1830 g/mol. The van der Waals surface area contributed by atoms with Gasteiger partial charge in [0, 0.05) is 168 Å². The molecule has 1 saturated carbocycles. The van der Waals surface area contributed by atoms with Crippen molar-refractivity contribution in [2.75, 3.05) is 164 Å². The van der Waals surface area contributed by atoms with Gasteiger partial charge in [0.25, 0.3) is 0 Å². The van der Waals surface area contributed by atoms with E-state index in [0.717, 1.165) is 95.6 Å². The SMILES string of the molecule is CC(C)CN=S1(=O)CCN(c2ccc(-c3cc(OC(C)C)cn4ncc(C#N)c34)cn2)CC1.CC(C)CN=S1(=O)CCN(c2ccc(-c3cc(OCC4CC4)cn4ncc(C#N)c34)cn2)CC1.CCOc1cc(-c2ccc(N3CCS(=O)(=NCC(C)C)CC3)nc2)c2c(C#N)cnn2c1.COc1cc(-c2ccc(N3CCS(=O)(=NCC(C)C)CC3)nc2)c2c(C#N)cnn2c1. The van der Waals surface area contributed by atoms with Crippen molar-refractivity contribution in [3.05, 3.63) is 169 Å². The van der Waals surface area contributed by atoms with Gasteiger partial charge in [-0.1, -0.05) is 55.4 Å². The van der Waals surface area contributed by atoms with E-state index in [9.17, 15) is 37.9 Å². The quantitative estimate of drug-likeness (QED) is 0.0542. The molecule has 5 aliphatic rings. The summed E-state index contributed by atoms with van der Waals surface area (Å²) in [5.41, 5.74) is 11.9. The Labute approximate surface area is 762 Å². The second-order valence-corrected chi connectivity index (χ2v) is 45.4. The third-order valence-corrected chi connectivity index (χ3v) is 31.6. The molecule has 16 heterocycles. The molecule has 0 unspecified atom stereocenters. The van der Waals surface area contributed by atoms with Gasteiger partial charge in [-0.3, -0.25) is 0 Å². The molecule has 17 rings (SSSR count). The van der Waals surface area contributed by atoms with E-state index in [-0.39, 0.29) is 6.10 Å². The van der Waals surface area contributed by atoms with E-state index in [1.807, 2.05) is 118 Å². The maximum Gasteiger partial charge on any atom is 0.138 e. The van der Waals surface area contributed by atoms with Crippen LogP contribution < -0.4 is 38.5 Å². The van der Waals surface area contributed by atoms with Crippen molar-refractivity contribution < 1.29 is 35.8 Å². The van der Waals surface area contributed by atoms with E-state index in [1.54, 1.807) is 74.7 Å². The second-order valence-electron chi connectivity index (χ2n) is 34.9. The van der Waals surface area contributed by atoms with Crippen LogP contribution in [0.15, 0.2) is 165 Å². The van der Waals surface area contributed by atoms with Gasteiger partial charge in [-0.2, -0.15) is 41.4 Å². The van der Waals surface area contributed by atoms with Crippen molar-refractivity contribution in [3.8, 4) is 91.8 Å². The van der Waals surface area contributed by atoms with E-state index in [1.165, 1.54) is 12.8 Å². The van der Waals surface area contributed by atoms with Gasteiger partial charge in [0.05, 0.1) is 185 Å². The lowest BCUT2D eigenvalue weighted by Crippen LogP contribution is -2.40. The van der Waals surface area contributed by atoms with Gasteiger partial charge in [-0.15, -0.1) is 0 Å². The predicted octanol–water partition coefficient (Wildman–Crippen LogP) is 14.8. The molecule has 0 radical (unpaired) electrons. The van der Waals surface area contributed by atoms with Gasteiger partial charge in [-0.05, 0) is 136 Å². The number of pyridine rings is 8. The fourth-order valence-corrected chi connectivity index (χ4v) is 23.4. The minimum atomic E-state index is -2.12. The third kappa shape index (κ3) is 23.0. The fraction of sp³-hybridized carbons (Fsp3) is 0.447. The minimum Gasteiger partial charge on any atom is -0.495 e. The van der Waals surface area contributed by atoms with Crippen molar-refractivity contribution in [1.29, 1.82) is 21.0 Å². The fourth-order valence-electron chi connectivity index (χ4n) is 15.2. The van der Waals surface area contributed by atoms with E-state index < -0.39 is 38.9 Å². The number of anilines is 4. The van der Waals surface area contributed by atoms with Crippen LogP contribution in [0.4, 0.5) is 23.3 Å². The molecule has 12 aromatic heterocycles. The molecule has 4 aliphatic heterocycles. The number of aromatic nitrogens is 12. The second kappa shape index (κ2) is 41.5. The highest BCUT2D eigenvalue weighted by Crippen LogP contribution is 2.38. The number of hydrogen-bond donors (Lipinski definition) is 0. The summed E-state index contributed by atoms with van der Waals surface area (Å²) in [7, 11) is -6.85. The lowest BCUT2D eigenvalue weighted by Gasteiger charge is -2.30. The van der Waals surface area contributed by atoms with Crippen LogP contribution in [0, 0.1) is 74.9 Å². The molecule has 1 aliphatic carbocycles. The van der Waals surface area contributed by atoms with Crippen molar-refractivity contribution in [1.82, 2.24) is 58.4 Å². The Kier molecular flexibility index (Phi) is 29.9. The summed E-state index contributed by atoms with van der Waals surface area (Å²) in [6.07, 6.45) is 23.1. The molecule has 0 amide bonds. The van der Waals surface area contributed by atoms with Crippen LogP contribution in [-0.4, -0.2) is 226 Å². The van der Waals surface area contributed by atoms with E-state index in [4.69, 9.17) is 23.9 Å². The first-order valence-corrected chi connectivity index (χ1v) is 51.7. The molecule has 12 aromatic rings. The molecule has 0 atom stereocenters. The number of hydrogen-bond acceptors (Lipinski definition) is 28. The van der Waals surface area contributed by atoms with Crippen LogP contribution >= 0.6 is 0 Å². The summed E-state index contributed by atoms with van der Waals surface area (Å²) < 4.78 is 99.4. The molecule has 32 nitrogen and oxygen atoms in total. The summed E-state index contributed by atoms with van der Waals surface area (Å²) in [6.45, 7) is 31.9. The first kappa shape index (κ1) is 93.7. The van der Waals surface area contributed by atoms with Crippen LogP contribution in [0.1, 0.15) is 111 Å². The van der Waals surface area contributed by atoms with Crippen molar-refractivity contribution in [3.63, 3.8) is 0 Å². The Morgan fingerprint density at radius 1 is 0.377 bits per heavy atom. The first-order chi connectivity index (χ1) is 62.6. The maximum atomic E-state index is 13.0. The van der Waals surface area contributed by atoms with Crippen LogP contribution in [0.3, 0.4) is 0 Å². The van der Waals surface area contributed by atoms with Gasteiger partial charge >= 0.3 is 0 Å². The van der Waals surface area contributed by atoms with Crippen LogP contribution in [0.25, 0.3) is 66.6 Å². The van der Waals surface area contributed by atoms with Gasteiger partial charge in [0.2, 0.25) is 0 Å². The summed E-state index contributed by atoms with van der Waals surface area (Å²) in [5.74, 6) is 13.1. The summed E-state index contributed by atoms with van der Waals surface area (Å²) in [4.78, 5) is 27.4. The average Bonchev–Trinajstić information content (AvgIpc) is 1.61. The summed E-state index contributed by atoms with van der Waals surface area (Å²) >= 11 is 0. The molecule has 130 heavy (non-hydrogen) atoms. The van der Waals surface area contributed by atoms with Gasteiger partial charge < -0.3 is 38.5 Å². The number of nitriles is 4. The van der Waals surface area contributed by atoms with Gasteiger partial charge in [-0.25, -0.2) is 72.3 Å². The zero-order valence-electron chi connectivity index (χ0n) is 75.9. The Morgan fingerprint density at radius 3 is 0.877 bits per heavy atom. The molecular weight excluding hydrogens is 1720 g/mol. The highest BCUT2D eigenvalue weighted by Gasteiger charge is 2.29. The number of nitrogens with zero attached hydrogens (tertiary/aromatic N) is 24. The van der Waals surface area contributed by atoms with E-state index in [2.05, 4.69) is 152 Å². The molecule has 0 aromatic carbocycles. The Morgan fingerprint density at radius 2 is 0.638 bits per heavy atom. The molecule has 5 fully saturated rings. The number of ether oxygens (including phenoxy) is 4.